The van der Waals surface area contributed by atoms with Gasteiger partial charge in [-0.2, -0.15) is 0 Å². The lowest BCUT2D eigenvalue weighted by molar-refractivity contribution is 0.0857. The Morgan fingerprint density at radius 1 is 1.14 bits per heavy atom. The molecule has 0 aromatic heterocycles. The number of nitrogens with one attached hydrogen (secondary N) is 1. The predicted molar refractivity (Wildman–Crippen MR) is 85.5 cm³/mol. The molecule has 0 bridgehead atoms. The van der Waals surface area contributed by atoms with Crippen LogP contribution in [0.5, 0.6) is 5.75 Å². The van der Waals surface area contributed by atoms with Crippen molar-refractivity contribution in [2.75, 3.05) is 20.2 Å². The fourth-order valence-electron chi connectivity index (χ4n) is 3.39. The van der Waals surface area contributed by atoms with E-state index in [1.165, 1.54) is 26.4 Å². The van der Waals surface area contributed by atoms with Gasteiger partial charge in [0.1, 0.15) is 10.6 Å². The van der Waals surface area contributed by atoms with Gasteiger partial charge in [-0.3, -0.25) is 0 Å². The molecule has 2 fully saturated rings. The summed E-state index contributed by atoms with van der Waals surface area (Å²) in [5, 5.41) is 0. The van der Waals surface area contributed by atoms with E-state index >= 15 is 0 Å². The van der Waals surface area contributed by atoms with Crippen LogP contribution in [0.2, 0.25) is 0 Å². The highest BCUT2D eigenvalue weighted by molar-refractivity contribution is 7.89. The minimum atomic E-state index is -3.51. The van der Waals surface area contributed by atoms with Crippen molar-refractivity contribution in [1.29, 1.82) is 0 Å². The molecular weight excluding hydrogens is 300 g/mol. The minimum Gasteiger partial charge on any atom is -0.495 e. The molecule has 1 aromatic carbocycles. The second-order valence-corrected chi connectivity index (χ2v) is 7.87. The number of nitrogens with zero attached hydrogens (tertiary/aromatic N) is 1. The first-order valence-corrected chi connectivity index (χ1v) is 9.48. The zero-order valence-electron chi connectivity index (χ0n) is 13.0. The second-order valence-electron chi connectivity index (χ2n) is 6.19. The Kier molecular flexibility index (Phi) is 4.70. The van der Waals surface area contributed by atoms with Gasteiger partial charge in [-0.1, -0.05) is 18.6 Å². The maximum Gasteiger partial charge on any atom is 0.244 e. The highest BCUT2D eigenvalue weighted by Crippen LogP contribution is 2.30. The van der Waals surface area contributed by atoms with Crippen LogP contribution in [0.25, 0.3) is 0 Å². The molecule has 1 saturated carbocycles. The van der Waals surface area contributed by atoms with Gasteiger partial charge in [0.05, 0.1) is 7.11 Å². The van der Waals surface area contributed by atoms with E-state index in [4.69, 9.17) is 4.74 Å². The van der Waals surface area contributed by atoms with Crippen LogP contribution in [0, 0.1) is 0 Å². The molecule has 0 unspecified atom stereocenters. The summed E-state index contributed by atoms with van der Waals surface area (Å²) in [5.74, 6) is 0.391. The van der Waals surface area contributed by atoms with Crippen molar-refractivity contribution in [2.45, 2.75) is 49.1 Å². The number of likely N-dealkylation sites (tertiary alicyclic amines) is 1. The van der Waals surface area contributed by atoms with Crippen LogP contribution in [0.1, 0.15) is 32.1 Å². The molecule has 0 spiro atoms. The maximum atomic E-state index is 12.5. The monoisotopic (exact) mass is 324 g/mol. The lowest BCUT2D eigenvalue weighted by atomic mass is 9.85. The van der Waals surface area contributed by atoms with E-state index in [2.05, 4.69) is 9.62 Å². The first-order valence-electron chi connectivity index (χ1n) is 7.99. The molecule has 6 heteroatoms. The van der Waals surface area contributed by atoms with E-state index in [1.807, 2.05) is 0 Å². The lowest BCUT2D eigenvalue weighted by Gasteiger charge is -2.44. The van der Waals surface area contributed by atoms with Gasteiger partial charge in [0.15, 0.2) is 0 Å². The van der Waals surface area contributed by atoms with Crippen LogP contribution in [-0.2, 0) is 10.0 Å². The highest BCUT2D eigenvalue weighted by Gasteiger charge is 2.36. The Hall–Kier alpha value is -1.11. The predicted octanol–water partition coefficient (Wildman–Crippen LogP) is 1.99. The number of methoxy groups -OCH3 is 1. The van der Waals surface area contributed by atoms with Crippen molar-refractivity contribution in [3.63, 3.8) is 0 Å². The third-order valence-corrected chi connectivity index (χ3v) is 6.26. The number of ether oxygens (including phenoxy) is 1. The molecule has 1 saturated heterocycles. The van der Waals surface area contributed by atoms with Gasteiger partial charge in [0.2, 0.25) is 10.0 Å². The van der Waals surface area contributed by atoms with Crippen LogP contribution in [0.4, 0.5) is 0 Å². The number of sulfonamides is 1. The van der Waals surface area contributed by atoms with E-state index in [-0.39, 0.29) is 10.9 Å². The second kappa shape index (κ2) is 6.56. The quantitative estimate of drug-likeness (QED) is 0.900. The fraction of sp³-hybridized carbons (Fsp3) is 0.625. The van der Waals surface area contributed by atoms with E-state index in [0.29, 0.717) is 11.8 Å². The van der Waals surface area contributed by atoms with Crippen molar-refractivity contribution < 1.29 is 13.2 Å². The zero-order valence-corrected chi connectivity index (χ0v) is 13.8. The van der Waals surface area contributed by atoms with Crippen molar-refractivity contribution in [3.8, 4) is 5.75 Å². The Morgan fingerprint density at radius 2 is 1.82 bits per heavy atom. The molecule has 0 radical (unpaired) electrons. The standard InChI is InChI=1S/C16H24N2O3S/c1-21-15-7-3-4-8-16(15)22(19,20)17-13-11-14(12-13)18-9-5-2-6-10-18/h3-4,7-8,13-14,17H,2,5-6,9-12H2,1H3. The minimum absolute atomic E-state index is 0.0434. The Morgan fingerprint density at radius 3 is 2.50 bits per heavy atom. The van der Waals surface area contributed by atoms with Gasteiger partial charge in [-0.05, 0) is 50.9 Å². The molecule has 1 aliphatic heterocycles. The van der Waals surface area contributed by atoms with E-state index in [9.17, 15) is 8.42 Å². The third kappa shape index (κ3) is 3.29. The molecule has 1 N–H and O–H groups in total. The molecule has 122 valence electrons. The van der Waals surface area contributed by atoms with Gasteiger partial charge >= 0.3 is 0 Å². The molecule has 3 rings (SSSR count). The number of benzene rings is 1. The molecule has 0 amide bonds. The molecule has 2 aliphatic rings. The van der Waals surface area contributed by atoms with E-state index in [0.717, 1.165) is 25.9 Å². The Balaban J connectivity index is 1.59. The molecule has 1 heterocycles. The number of piperidine rings is 1. The summed E-state index contributed by atoms with van der Waals surface area (Å²) in [6, 6.07) is 7.34. The normalized spacial score (nSPS) is 26.4. The smallest absolute Gasteiger partial charge is 0.244 e. The summed E-state index contributed by atoms with van der Waals surface area (Å²) in [6.45, 7) is 2.33. The largest absolute Gasteiger partial charge is 0.495 e. The van der Waals surface area contributed by atoms with Gasteiger partial charge < -0.3 is 9.64 Å². The van der Waals surface area contributed by atoms with Gasteiger partial charge in [-0.15, -0.1) is 0 Å². The number of hydrogen-bond acceptors (Lipinski definition) is 4. The van der Waals surface area contributed by atoms with Gasteiger partial charge in [0.25, 0.3) is 0 Å². The summed E-state index contributed by atoms with van der Waals surface area (Å²) in [6.07, 6.45) is 5.69. The van der Waals surface area contributed by atoms with Crippen molar-refractivity contribution in [2.24, 2.45) is 0 Å². The molecule has 5 nitrogen and oxygen atoms in total. The van der Waals surface area contributed by atoms with Crippen molar-refractivity contribution in [3.05, 3.63) is 24.3 Å². The molecule has 1 aliphatic carbocycles. The van der Waals surface area contributed by atoms with Crippen LogP contribution in [0.15, 0.2) is 29.2 Å². The number of rotatable bonds is 5. The Labute approximate surface area is 132 Å². The van der Waals surface area contributed by atoms with Crippen LogP contribution in [0.3, 0.4) is 0 Å². The molecular formula is C16H24N2O3S. The number of hydrogen-bond donors (Lipinski definition) is 1. The summed E-state index contributed by atoms with van der Waals surface area (Å²) in [5.41, 5.74) is 0. The zero-order chi connectivity index (χ0) is 15.6. The highest BCUT2D eigenvalue weighted by atomic mass is 32.2. The average molecular weight is 324 g/mol. The molecule has 22 heavy (non-hydrogen) atoms. The SMILES string of the molecule is COc1ccccc1S(=O)(=O)NC1CC(N2CCCCC2)C1. The third-order valence-electron chi connectivity index (χ3n) is 4.70. The maximum absolute atomic E-state index is 12.5. The molecule has 1 aromatic rings. The van der Waals surface area contributed by atoms with E-state index in [1.54, 1.807) is 24.3 Å². The van der Waals surface area contributed by atoms with Gasteiger partial charge in [-0.25, -0.2) is 13.1 Å². The summed E-state index contributed by atoms with van der Waals surface area (Å²) in [4.78, 5) is 2.73. The van der Waals surface area contributed by atoms with Crippen molar-refractivity contribution >= 4 is 10.0 Å². The lowest BCUT2D eigenvalue weighted by Crippen LogP contribution is -2.54. The molecule has 0 atom stereocenters. The average Bonchev–Trinajstić information content (AvgIpc) is 2.51. The topological polar surface area (TPSA) is 58.6 Å². The Bertz CT molecular complexity index is 606. The van der Waals surface area contributed by atoms with Crippen LogP contribution in [-0.4, -0.2) is 45.6 Å². The summed E-state index contributed by atoms with van der Waals surface area (Å²) < 4.78 is 33.0. The van der Waals surface area contributed by atoms with E-state index < -0.39 is 10.0 Å². The van der Waals surface area contributed by atoms with Crippen LogP contribution < -0.4 is 9.46 Å². The van der Waals surface area contributed by atoms with Crippen molar-refractivity contribution in [1.82, 2.24) is 9.62 Å². The summed E-state index contributed by atoms with van der Waals surface area (Å²) in [7, 11) is -2.02. The summed E-state index contributed by atoms with van der Waals surface area (Å²) >= 11 is 0. The van der Waals surface area contributed by atoms with Crippen LogP contribution >= 0.6 is 0 Å². The fourth-order valence-corrected chi connectivity index (χ4v) is 4.82. The number of para-hydroxylation sites is 1. The van der Waals surface area contributed by atoms with Gasteiger partial charge in [0, 0.05) is 12.1 Å². The first kappa shape index (κ1) is 15.8. The first-order chi connectivity index (χ1) is 10.6.